The average Bonchev–Trinajstić information content (AvgIpc) is 3.02. The van der Waals surface area contributed by atoms with Gasteiger partial charge in [0.05, 0.1) is 29.9 Å². The van der Waals surface area contributed by atoms with Crippen molar-refractivity contribution in [3.63, 3.8) is 0 Å². The summed E-state index contributed by atoms with van der Waals surface area (Å²) in [5, 5.41) is 13.3. The molecule has 2 aromatic carbocycles. The molecule has 0 aliphatic rings. The first-order valence-electron chi connectivity index (χ1n) is 9.43. The zero-order chi connectivity index (χ0) is 21.9. The molecule has 0 atom stereocenters. The second-order valence-electron chi connectivity index (χ2n) is 7.74. The highest BCUT2D eigenvalue weighted by Gasteiger charge is 2.29. The van der Waals surface area contributed by atoms with Gasteiger partial charge in [-0.2, -0.15) is 13.2 Å². The summed E-state index contributed by atoms with van der Waals surface area (Å²) >= 11 is 0. The zero-order valence-electron chi connectivity index (χ0n) is 16.6. The lowest BCUT2D eigenvalue weighted by Gasteiger charge is -2.16. The van der Waals surface area contributed by atoms with Gasteiger partial charge in [0.2, 0.25) is 5.91 Å². The van der Waals surface area contributed by atoms with E-state index in [2.05, 4.69) is 10.3 Å². The molecule has 160 valence electrons. The number of aromatic nitrogens is 1. The van der Waals surface area contributed by atoms with Crippen LogP contribution in [0.2, 0.25) is 0 Å². The van der Waals surface area contributed by atoms with E-state index in [-0.39, 0.29) is 12.3 Å². The number of aromatic amines is 1. The van der Waals surface area contributed by atoms with Gasteiger partial charge in [0.1, 0.15) is 5.75 Å². The van der Waals surface area contributed by atoms with Crippen molar-refractivity contribution in [1.82, 2.24) is 4.98 Å². The normalized spacial score (nSPS) is 12.2. The molecule has 0 unspecified atom stereocenters. The average molecular weight is 420 g/mol. The molecule has 1 amide bonds. The van der Waals surface area contributed by atoms with E-state index >= 15 is 0 Å². The van der Waals surface area contributed by atoms with E-state index in [0.29, 0.717) is 24.5 Å². The number of rotatable bonds is 7. The first kappa shape index (κ1) is 21.7. The van der Waals surface area contributed by atoms with Crippen LogP contribution in [0, 0.1) is 0 Å². The first-order chi connectivity index (χ1) is 14.0. The van der Waals surface area contributed by atoms with Crippen molar-refractivity contribution >= 4 is 22.5 Å². The molecule has 30 heavy (non-hydrogen) atoms. The highest BCUT2D eigenvalue weighted by atomic mass is 19.4. The van der Waals surface area contributed by atoms with Gasteiger partial charge in [0.25, 0.3) is 0 Å². The number of ether oxygens (including phenoxy) is 1. The number of aliphatic hydroxyl groups is 1. The molecule has 1 heterocycles. The Morgan fingerprint density at radius 3 is 2.47 bits per heavy atom. The van der Waals surface area contributed by atoms with Crippen LogP contribution in [0.15, 0.2) is 48.7 Å². The Kier molecular flexibility index (Phi) is 6.07. The minimum Gasteiger partial charge on any atom is -0.493 e. The first-order valence-corrected chi connectivity index (χ1v) is 9.43. The van der Waals surface area contributed by atoms with Gasteiger partial charge in [0.15, 0.2) is 0 Å². The minimum absolute atomic E-state index is 0.0387. The fourth-order valence-corrected chi connectivity index (χ4v) is 3.03. The van der Waals surface area contributed by atoms with Crippen molar-refractivity contribution in [2.45, 2.75) is 38.5 Å². The van der Waals surface area contributed by atoms with E-state index in [1.54, 1.807) is 32.2 Å². The van der Waals surface area contributed by atoms with Crippen LogP contribution in [0.4, 0.5) is 18.9 Å². The molecule has 0 radical (unpaired) electrons. The molecule has 0 saturated carbocycles. The number of alkyl halides is 3. The number of hydrogen-bond donors (Lipinski definition) is 3. The predicted molar refractivity (Wildman–Crippen MR) is 108 cm³/mol. The van der Waals surface area contributed by atoms with Crippen LogP contribution < -0.4 is 10.1 Å². The molecule has 3 N–H and O–H groups in total. The van der Waals surface area contributed by atoms with Gasteiger partial charge < -0.3 is 20.1 Å². The van der Waals surface area contributed by atoms with E-state index in [1.165, 1.54) is 12.1 Å². The number of halogens is 3. The minimum atomic E-state index is -4.35. The Hall–Kier alpha value is -3.00. The maximum atomic E-state index is 12.6. The van der Waals surface area contributed by atoms with Crippen molar-refractivity contribution in [3.8, 4) is 5.75 Å². The van der Waals surface area contributed by atoms with Crippen molar-refractivity contribution in [2.24, 2.45) is 0 Å². The molecule has 1 aromatic heterocycles. The van der Waals surface area contributed by atoms with Gasteiger partial charge in [0, 0.05) is 23.5 Å². The number of anilines is 1. The number of amides is 1. The number of nitrogens with one attached hydrogen (secondary N) is 2. The van der Waals surface area contributed by atoms with Crippen molar-refractivity contribution < 1.29 is 27.8 Å². The Morgan fingerprint density at radius 1 is 1.13 bits per heavy atom. The fraction of sp³-hybridized carbons (Fsp3) is 0.318. The third-order valence-corrected chi connectivity index (χ3v) is 4.46. The Bertz CT molecular complexity index is 1020. The standard InChI is InChI=1S/C22H23F3N2O3/c1-21(2,29)12-20(28)27-19-13-26-18-8-7-16(11-17(18)19)30-10-9-14-3-5-15(6-4-14)22(23,24)25/h3-8,11,13,26,29H,9-10,12H2,1-2H3,(H,27,28). The molecule has 0 aliphatic heterocycles. The van der Waals surface area contributed by atoms with Crippen LogP contribution in [-0.2, 0) is 17.4 Å². The second-order valence-corrected chi connectivity index (χ2v) is 7.74. The van der Waals surface area contributed by atoms with Gasteiger partial charge in [-0.15, -0.1) is 0 Å². The van der Waals surface area contributed by atoms with Gasteiger partial charge in [-0.1, -0.05) is 12.1 Å². The summed E-state index contributed by atoms with van der Waals surface area (Å²) in [4.78, 5) is 15.1. The van der Waals surface area contributed by atoms with Gasteiger partial charge >= 0.3 is 6.18 Å². The number of H-pyrrole nitrogens is 1. The summed E-state index contributed by atoms with van der Waals surface area (Å²) in [7, 11) is 0. The van der Waals surface area contributed by atoms with Crippen molar-refractivity contribution in [3.05, 3.63) is 59.8 Å². The van der Waals surface area contributed by atoms with E-state index in [0.717, 1.165) is 28.6 Å². The summed E-state index contributed by atoms with van der Waals surface area (Å²) in [6.45, 7) is 3.41. The van der Waals surface area contributed by atoms with Gasteiger partial charge in [-0.05, 0) is 49.7 Å². The molecule has 0 spiro atoms. The molecule has 0 fully saturated rings. The molecule has 0 saturated heterocycles. The SMILES string of the molecule is CC(C)(O)CC(=O)Nc1c[nH]c2ccc(OCCc3ccc(C(F)(F)F)cc3)cc12. The lowest BCUT2D eigenvalue weighted by Crippen LogP contribution is -2.27. The summed E-state index contributed by atoms with van der Waals surface area (Å²) in [5.74, 6) is 0.268. The molecule has 3 aromatic rings. The molecule has 0 aliphatic carbocycles. The Balaban J connectivity index is 1.62. The molecular formula is C22H23F3N2O3. The number of fused-ring (bicyclic) bond motifs is 1. The van der Waals surface area contributed by atoms with Gasteiger partial charge in [-0.25, -0.2) is 0 Å². The monoisotopic (exact) mass is 420 g/mol. The number of carbonyl (C=O) groups excluding carboxylic acids is 1. The van der Waals surface area contributed by atoms with E-state index in [4.69, 9.17) is 4.74 Å². The summed E-state index contributed by atoms with van der Waals surface area (Å²) in [5.41, 5.74) is 0.341. The smallest absolute Gasteiger partial charge is 0.416 e. The molecule has 0 bridgehead atoms. The summed E-state index contributed by atoms with van der Waals surface area (Å²) in [6, 6.07) is 10.4. The summed E-state index contributed by atoms with van der Waals surface area (Å²) < 4.78 is 43.6. The number of hydrogen-bond acceptors (Lipinski definition) is 3. The largest absolute Gasteiger partial charge is 0.493 e. The maximum absolute atomic E-state index is 12.6. The molecular weight excluding hydrogens is 397 g/mol. The lowest BCUT2D eigenvalue weighted by molar-refractivity contribution is -0.137. The molecule has 3 rings (SSSR count). The molecule has 8 heteroatoms. The van der Waals surface area contributed by atoms with Crippen LogP contribution in [0.5, 0.6) is 5.75 Å². The van der Waals surface area contributed by atoms with Crippen molar-refractivity contribution in [1.29, 1.82) is 0 Å². The van der Waals surface area contributed by atoms with Crippen LogP contribution >= 0.6 is 0 Å². The predicted octanol–water partition coefficient (Wildman–Crippen LogP) is 4.91. The van der Waals surface area contributed by atoms with Crippen LogP contribution in [0.25, 0.3) is 10.9 Å². The molecule has 5 nitrogen and oxygen atoms in total. The number of carbonyl (C=O) groups is 1. The van der Waals surface area contributed by atoms with Crippen LogP contribution in [0.1, 0.15) is 31.4 Å². The van der Waals surface area contributed by atoms with Crippen LogP contribution in [-0.4, -0.2) is 28.2 Å². The zero-order valence-corrected chi connectivity index (χ0v) is 16.6. The van der Waals surface area contributed by atoms with Gasteiger partial charge in [-0.3, -0.25) is 4.79 Å². The van der Waals surface area contributed by atoms with E-state index < -0.39 is 17.3 Å². The van der Waals surface area contributed by atoms with E-state index in [9.17, 15) is 23.1 Å². The Labute approximate surface area is 171 Å². The third kappa shape index (κ3) is 5.76. The third-order valence-electron chi connectivity index (χ3n) is 4.46. The topological polar surface area (TPSA) is 74.4 Å². The lowest BCUT2D eigenvalue weighted by atomic mass is 10.1. The Morgan fingerprint density at radius 2 is 1.83 bits per heavy atom. The fourth-order valence-electron chi connectivity index (χ4n) is 3.03. The number of benzene rings is 2. The highest BCUT2D eigenvalue weighted by molar-refractivity contribution is 6.02. The van der Waals surface area contributed by atoms with Crippen molar-refractivity contribution in [2.75, 3.05) is 11.9 Å². The summed E-state index contributed by atoms with van der Waals surface area (Å²) in [6.07, 6.45) is -2.26. The van der Waals surface area contributed by atoms with Crippen LogP contribution in [0.3, 0.4) is 0 Å². The highest BCUT2D eigenvalue weighted by Crippen LogP contribution is 2.30. The maximum Gasteiger partial charge on any atom is 0.416 e. The quantitative estimate of drug-likeness (QED) is 0.509. The van der Waals surface area contributed by atoms with E-state index in [1.807, 2.05) is 6.07 Å². The second kappa shape index (κ2) is 8.39.